The lowest BCUT2D eigenvalue weighted by atomic mass is 10.1. The number of rotatable bonds is 4. The average Bonchev–Trinajstić information content (AvgIpc) is 2.77. The highest BCUT2D eigenvalue weighted by Crippen LogP contribution is 2.30. The summed E-state index contributed by atoms with van der Waals surface area (Å²) in [6, 6.07) is 4.02. The molecule has 0 aliphatic rings. The summed E-state index contributed by atoms with van der Waals surface area (Å²) < 4.78 is 66.0. The Hall–Kier alpha value is -2.32. The third-order valence-corrected chi connectivity index (χ3v) is 2.54. The van der Waals surface area contributed by atoms with Crippen molar-refractivity contribution in [3.05, 3.63) is 30.6 Å². The van der Waals surface area contributed by atoms with Crippen LogP contribution in [-0.2, 0) is 6.54 Å². The van der Waals surface area contributed by atoms with Gasteiger partial charge in [-0.3, -0.25) is 4.68 Å². The van der Waals surface area contributed by atoms with Crippen molar-refractivity contribution in [1.82, 2.24) is 9.78 Å². The van der Waals surface area contributed by atoms with Gasteiger partial charge in [0, 0.05) is 11.8 Å². The lowest BCUT2D eigenvalue weighted by Gasteiger charge is -2.09. The third-order valence-electron chi connectivity index (χ3n) is 2.54. The predicted molar refractivity (Wildman–Crippen MR) is 64.8 cm³/mol. The van der Waals surface area contributed by atoms with Crippen LogP contribution in [0, 0.1) is 0 Å². The van der Waals surface area contributed by atoms with Crippen LogP contribution in [0.5, 0.6) is 5.75 Å². The zero-order chi connectivity index (χ0) is 15.6. The lowest BCUT2D eigenvalue weighted by Crippen LogP contribution is -2.17. The molecule has 114 valence electrons. The number of anilines is 1. The molecule has 0 aliphatic carbocycles. The van der Waals surface area contributed by atoms with Gasteiger partial charge in [0.25, 0.3) is 0 Å². The van der Waals surface area contributed by atoms with Gasteiger partial charge in [-0.25, -0.2) is 0 Å². The summed E-state index contributed by atoms with van der Waals surface area (Å²) in [6.07, 6.45) is -2.04. The van der Waals surface area contributed by atoms with Gasteiger partial charge in [-0.05, 0) is 17.7 Å². The molecule has 0 saturated heterocycles. The Labute approximate surface area is 115 Å². The molecule has 21 heavy (non-hydrogen) atoms. The van der Waals surface area contributed by atoms with E-state index in [0.717, 1.165) is 6.20 Å². The maximum atomic E-state index is 12.2. The number of ether oxygens (including phenoxy) is 1. The summed E-state index contributed by atoms with van der Waals surface area (Å²) >= 11 is 0. The zero-order valence-corrected chi connectivity index (χ0v) is 10.4. The molecule has 0 bridgehead atoms. The number of nitrogens with zero attached hydrogens (tertiary/aromatic N) is 2. The molecule has 2 rings (SSSR count). The van der Waals surface area contributed by atoms with E-state index in [0.29, 0.717) is 15.8 Å². The fraction of sp³-hybridized carbons (Fsp3) is 0.250. The summed E-state index contributed by atoms with van der Waals surface area (Å²) in [5.74, 6) is -0.244. The van der Waals surface area contributed by atoms with Crippen molar-refractivity contribution in [3.8, 4) is 16.9 Å². The van der Waals surface area contributed by atoms with Crippen molar-refractivity contribution < 1.29 is 26.7 Å². The minimum absolute atomic E-state index is 0.00160. The van der Waals surface area contributed by atoms with Crippen molar-refractivity contribution in [3.63, 3.8) is 0 Å². The Morgan fingerprint density at radius 1 is 1.24 bits per heavy atom. The molecule has 0 unspecified atom stereocenters. The van der Waals surface area contributed by atoms with Crippen LogP contribution in [0.3, 0.4) is 0 Å². The Bertz CT molecular complexity index is 624. The molecule has 4 nitrogen and oxygen atoms in total. The number of alkyl halides is 5. The molecule has 0 saturated carbocycles. The number of nitrogen functional groups attached to an aromatic ring is 1. The molecule has 1 heterocycles. The van der Waals surface area contributed by atoms with E-state index < -0.39 is 19.3 Å². The van der Waals surface area contributed by atoms with Crippen LogP contribution in [-0.4, -0.2) is 22.6 Å². The quantitative estimate of drug-likeness (QED) is 0.696. The van der Waals surface area contributed by atoms with Gasteiger partial charge in [-0.1, -0.05) is 6.07 Å². The second-order valence-electron chi connectivity index (χ2n) is 4.17. The van der Waals surface area contributed by atoms with Gasteiger partial charge in [-0.15, -0.1) is 0 Å². The lowest BCUT2D eigenvalue weighted by molar-refractivity contribution is -0.142. The summed E-state index contributed by atoms with van der Waals surface area (Å²) in [4.78, 5) is 0. The first kappa shape index (κ1) is 15.1. The highest BCUT2D eigenvalue weighted by Gasteiger charge is 2.28. The zero-order valence-electron chi connectivity index (χ0n) is 10.4. The molecule has 9 heteroatoms. The number of nitrogens with two attached hydrogens (primary N) is 1. The number of aromatic nitrogens is 2. The average molecular weight is 307 g/mol. The van der Waals surface area contributed by atoms with E-state index in [1.165, 1.54) is 24.4 Å². The van der Waals surface area contributed by atoms with Crippen LogP contribution in [0.1, 0.15) is 0 Å². The standard InChI is InChI=1S/C12H10F5N3O/c13-11(14)21-10-3-7(1-2-9(10)18)8-4-19-20(5-8)6-12(15,16)17/h1-5,11H,6,18H2. The van der Waals surface area contributed by atoms with E-state index in [1.807, 2.05) is 0 Å². The van der Waals surface area contributed by atoms with E-state index in [1.54, 1.807) is 0 Å². The van der Waals surface area contributed by atoms with Gasteiger partial charge in [-0.2, -0.15) is 27.1 Å². The van der Waals surface area contributed by atoms with Gasteiger partial charge in [0.05, 0.1) is 11.9 Å². The molecular formula is C12H10F5N3O. The summed E-state index contributed by atoms with van der Waals surface area (Å²) in [5.41, 5.74) is 6.18. The normalized spacial score (nSPS) is 11.9. The van der Waals surface area contributed by atoms with Crippen molar-refractivity contribution >= 4 is 5.69 Å². The van der Waals surface area contributed by atoms with Gasteiger partial charge >= 0.3 is 12.8 Å². The second kappa shape index (κ2) is 5.58. The SMILES string of the molecule is Nc1ccc(-c2cnn(CC(F)(F)F)c2)cc1OC(F)F. The van der Waals surface area contributed by atoms with Gasteiger partial charge in [0.1, 0.15) is 12.3 Å². The topological polar surface area (TPSA) is 53.1 Å². The molecule has 1 aromatic heterocycles. The molecule has 1 aromatic carbocycles. The number of benzene rings is 1. The minimum atomic E-state index is -4.39. The molecule has 0 radical (unpaired) electrons. The van der Waals surface area contributed by atoms with Crippen LogP contribution in [0.2, 0.25) is 0 Å². The molecule has 2 N–H and O–H groups in total. The van der Waals surface area contributed by atoms with E-state index in [9.17, 15) is 22.0 Å². The Balaban J connectivity index is 2.26. The third kappa shape index (κ3) is 4.07. The molecule has 0 aliphatic heterocycles. The number of hydrogen-bond donors (Lipinski definition) is 1. The highest BCUT2D eigenvalue weighted by atomic mass is 19.4. The van der Waals surface area contributed by atoms with Crippen molar-refractivity contribution in [2.75, 3.05) is 5.73 Å². The van der Waals surface area contributed by atoms with E-state index in [4.69, 9.17) is 5.73 Å². The van der Waals surface area contributed by atoms with Crippen LogP contribution in [0.4, 0.5) is 27.6 Å². The van der Waals surface area contributed by atoms with Crippen LogP contribution in [0.25, 0.3) is 11.1 Å². The van der Waals surface area contributed by atoms with E-state index in [-0.39, 0.29) is 11.4 Å². The first-order chi connectivity index (χ1) is 9.74. The monoisotopic (exact) mass is 307 g/mol. The smallest absolute Gasteiger partial charge is 0.408 e. The molecule has 2 aromatic rings. The van der Waals surface area contributed by atoms with Gasteiger partial charge in [0.15, 0.2) is 0 Å². The highest BCUT2D eigenvalue weighted by molar-refractivity contribution is 5.68. The fourth-order valence-electron chi connectivity index (χ4n) is 1.69. The Kier molecular flexibility index (Phi) is 4.01. The first-order valence-electron chi connectivity index (χ1n) is 5.68. The summed E-state index contributed by atoms with van der Waals surface area (Å²) in [7, 11) is 0. The van der Waals surface area contributed by atoms with Crippen LogP contribution < -0.4 is 10.5 Å². The maximum Gasteiger partial charge on any atom is 0.408 e. The largest absolute Gasteiger partial charge is 0.433 e. The van der Waals surface area contributed by atoms with Crippen molar-refractivity contribution in [1.29, 1.82) is 0 Å². The van der Waals surface area contributed by atoms with Gasteiger partial charge in [0.2, 0.25) is 0 Å². The summed E-state index contributed by atoms with van der Waals surface area (Å²) in [6.45, 7) is -4.28. The Morgan fingerprint density at radius 2 is 1.95 bits per heavy atom. The van der Waals surface area contributed by atoms with Crippen molar-refractivity contribution in [2.24, 2.45) is 0 Å². The van der Waals surface area contributed by atoms with E-state index >= 15 is 0 Å². The predicted octanol–water partition coefficient (Wildman–Crippen LogP) is 3.30. The molecule has 0 fully saturated rings. The minimum Gasteiger partial charge on any atom is -0.433 e. The molecule has 0 atom stereocenters. The van der Waals surface area contributed by atoms with Crippen LogP contribution >= 0.6 is 0 Å². The number of hydrogen-bond acceptors (Lipinski definition) is 3. The maximum absolute atomic E-state index is 12.2. The summed E-state index contributed by atoms with van der Waals surface area (Å²) in [5, 5.41) is 3.57. The molecule has 0 amide bonds. The Morgan fingerprint density at radius 3 is 2.57 bits per heavy atom. The molecular weight excluding hydrogens is 297 g/mol. The van der Waals surface area contributed by atoms with E-state index in [2.05, 4.69) is 9.84 Å². The second-order valence-corrected chi connectivity index (χ2v) is 4.17. The fourth-order valence-corrected chi connectivity index (χ4v) is 1.69. The number of halogens is 5. The van der Waals surface area contributed by atoms with Crippen molar-refractivity contribution in [2.45, 2.75) is 19.3 Å². The molecule has 0 spiro atoms. The van der Waals surface area contributed by atoms with Crippen LogP contribution in [0.15, 0.2) is 30.6 Å². The van der Waals surface area contributed by atoms with Gasteiger partial charge < -0.3 is 10.5 Å². The first-order valence-corrected chi connectivity index (χ1v) is 5.68.